The monoisotopic (exact) mass is 400 g/mol. The fourth-order valence-electron chi connectivity index (χ4n) is 3.71. The van der Waals surface area contributed by atoms with Crippen LogP contribution in [0.5, 0.6) is 0 Å². The van der Waals surface area contributed by atoms with Crippen LogP contribution < -0.4 is 10.2 Å². The quantitative estimate of drug-likeness (QED) is 0.672. The molecule has 3 heterocycles. The summed E-state index contributed by atoms with van der Waals surface area (Å²) in [7, 11) is 25.8. The van der Waals surface area contributed by atoms with Crippen LogP contribution in [-0.2, 0) is 11.8 Å². The molecule has 0 unspecified atom stereocenters. The molecule has 0 saturated carbocycles. The van der Waals surface area contributed by atoms with Crippen LogP contribution in [0.15, 0.2) is 42.6 Å². The van der Waals surface area contributed by atoms with Crippen LogP contribution in [0.3, 0.4) is 0 Å². The Labute approximate surface area is 184 Å². The van der Waals surface area contributed by atoms with Crippen molar-refractivity contribution in [3.63, 3.8) is 0 Å². The van der Waals surface area contributed by atoms with E-state index < -0.39 is 16.5 Å². The Hall–Kier alpha value is -3.27. The first-order chi connectivity index (χ1) is 14.6. The van der Waals surface area contributed by atoms with Crippen molar-refractivity contribution in [2.75, 3.05) is 10.2 Å². The number of halogens is 1. The van der Waals surface area contributed by atoms with Crippen molar-refractivity contribution >= 4 is 48.6 Å². The minimum atomic E-state index is -1.72. The Morgan fingerprint density at radius 1 is 1.16 bits per heavy atom. The zero-order chi connectivity index (χ0) is 22.4. The molecule has 0 spiro atoms. The minimum absolute atomic E-state index is 0.111. The van der Waals surface area contributed by atoms with E-state index >= 15 is 0 Å². The second kappa shape index (κ2) is 7.45. The Morgan fingerprint density at radius 2 is 1.90 bits per heavy atom. The predicted molar refractivity (Wildman–Crippen MR) is 119 cm³/mol. The van der Waals surface area contributed by atoms with Gasteiger partial charge in [0, 0.05) is 5.69 Å². The van der Waals surface area contributed by atoms with Gasteiger partial charge in [0.25, 0.3) is 0 Å². The highest BCUT2D eigenvalue weighted by atomic mass is 19.1. The van der Waals surface area contributed by atoms with Crippen molar-refractivity contribution in [1.82, 2.24) is 15.2 Å². The van der Waals surface area contributed by atoms with Gasteiger partial charge >= 0.3 is 0 Å². The summed E-state index contributed by atoms with van der Waals surface area (Å²) in [6.45, 7) is 1.72. The highest BCUT2D eigenvalue weighted by Crippen LogP contribution is 2.41. The van der Waals surface area contributed by atoms with E-state index in [4.69, 9.17) is 36.6 Å². The van der Waals surface area contributed by atoms with Gasteiger partial charge in [-0.25, -0.2) is 4.39 Å². The molecule has 0 aliphatic carbocycles. The maximum Gasteiger partial charge on any atom is 0.163 e. The molecule has 142 valence electrons. The van der Waals surface area contributed by atoms with Gasteiger partial charge in [-0.3, -0.25) is 4.98 Å². The second-order valence-electron chi connectivity index (χ2n) is 7.50. The zero-order valence-electron chi connectivity index (χ0n) is 16.7. The maximum atomic E-state index is 14.0. The smallest absolute Gasteiger partial charge is 0.163 e. The Balaban J connectivity index is 1.80. The Bertz CT molecular complexity index is 1210. The Morgan fingerprint density at radius 3 is 2.58 bits per heavy atom. The van der Waals surface area contributed by atoms with Gasteiger partial charge in [0.2, 0.25) is 0 Å². The number of hydrogen-bond donors (Lipinski definition) is 1. The molecular formula is C20H13B4FN6. The van der Waals surface area contributed by atoms with Gasteiger partial charge in [-0.2, -0.15) is 5.26 Å². The number of rotatable bonds is 3. The molecule has 0 saturated heterocycles. The predicted octanol–water partition coefficient (Wildman–Crippen LogP) is 1.44. The van der Waals surface area contributed by atoms with Crippen molar-refractivity contribution in [3.8, 4) is 6.07 Å². The number of pyridine rings is 1. The lowest BCUT2D eigenvalue weighted by molar-refractivity contribution is 0.558. The minimum Gasteiger partial charge on any atom is -0.374 e. The first-order valence-electron chi connectivity index (χ1n) is 9.34. The third-order valence-corrected chi connectivity index (χ3v) is 5.08. The van der Waals surface area contributed by atoms with Crippen LogP contribution in [0, 0.1) is 24.1 Å². The molecule has 8 radical (unpaired) electrons. The average Bonchev–Trinajstić information content (AvgIpc) is 2.71. The van der Waals surface area contributed by atoms with Crippen LogP contribution in [0.25, 0.3) is 0 Å². The van der Waals surface area contributed by atoms with E-state index in [0.29, 0.717) is 22.5 Å². The summed E-state index contributed by atoms with van der Waals surface area (Å²) in [5, 5.41) is 16.7. The number of aryl methyl sites for hydroxylation is 1. The van der Waals surface area contributed by atoms with E-state index in [1.165, 1.54) is 17.2 Å². The van der Waals surface area contributed by atoms with Gasteiger partial charge in [0.1, 0.15) is 11.9 Å². The molecule has 1 aromatic carbocycles. The van der Waals surface area contributed by atoms with E-state index in [1.54, 1.807) is 37.3 Å². The lowest BCUT2D eigenvalue weighted by Crippen LogP contribution is -2.66. The van der Waals surface area contributed by atoms with Crippen molar-refractivity contribution < 1.29 is 4.39 Å². The molecular weight excluding hydrogens is 387 g/mol. The van der Waals surface area contributed by atoms with E-state index in [2.05, 4.69) is 20.5 Å². The number of nitrogens with zero attached hydrogens (tertiary/aromatic N) is 5. The summed E-state index contributed by atoms with van der Waals surface area (Å²) >= 11 is 0. The third-order valence-electron chi connectivity index (χ3n) is 5.08. The standard InChI is InChI=1S/C20H13B4FN6/c1-11-6-12(9-26)29-30-18(11)31-19(21,22)8-17-14(20(31,23)24)7-13(10-27-17)28-16-5-3-2-4-15(16)25/h2-7,10,28H,8H2,1H3. The third kappa shape index (κ3) is 3.67. The summed E-state index contributed by atoms with van der Waals surface area (Å²) in [5.74, 6) is -0.174. The second-order valence-corrected chi connectivity index (χ2v) is 7.50. The molecule has 31 heavy (non-hydrogen) atoms. The van der Waals surface area contributed by atoms with Gasteiger partial charge in [0.15, 0.2) is 11.5 Å². The molecule has 3 aromatic rings. The number of para-hydroxylation sites is 1. The lowest BCUT2D eigenvalue weighted by atomic mass is 9.46. The molecule has 0 amide bonds. The summed E-state index contributed by atoms with van der Waals surface area (Å²) in [5.41, 5.74) is 2.40. The van der Waals surface area contributed by atoms with Gasteiger partial charge in [-0.05, 0) is 59.4 Å². The van der Waals surface area contributed by atoms with Crippen LogP contribution in [0.2, 0.25) is 0 Å². The van der Waals surface area contributed by atoms with Crippen molar-refractivity contribution in [2.45, 2.75) is 24.0 Å². The number of fused-ring (bicyclic) bond motifs is 1. The molecule has 1 N–H and O–H groups in total. The molecule has 0 fully saturated rings. The number of hydrogen-bond acceptors (Lipinski definition) is 6. The maximum absolute atomic E-state index is 14.0. The zero-order valence-corrected chi connectivity index (χ0v) is 16.7. The number of anilines is 3. The average molecular weight is 400 g/mol. The van der Waals surface area contributed by atoms with Crippen LogP contribution in [0.4, 0.5) is 21.6 Å². The fourth-order valence-corrected chi connectivity index (χ4v) is 3.71. The highest BCUT2D eigenvalue weighted by Gasteiger charge is 2.45. The molecule has 2 aromatic heterocycles. The molecule has 6 nitrogen and oxygen atoms in total. The fraction of sp³-hybridized carbons (Fsp3) is 0.200. The molecule has 4 rings (SSSR count). The van der Waals surface area contributed by atoms with Gasteiger partial charge in [0.05, 0.1) is 49.0 Å². The van der Waals surface area contributed by atoms with Crippen molar-refractivity contribution in [2.24, 2.45) is 0 Å². The topological polar surface area (TPSA) is 77.7 Å². The molecule has 1 aliphatic heterocycles. The first-order valence-corrected chi connectivity index (χ1v) is 9.34. The summed E-state index contributed by atoms with van der Waals surface area (Å²) in [6, 6.07) is 11.4. The number of aromatic nitrogens is 3. The van der Waals surface area contributed by atoms with Crippen LogP contribution in [0.1, 0.15) is 22.5 Å². The van der Waals surface area contributed by atoms with E-state index in [-0.39, 0.29) is 23.6 Å². The Kier molecular flexibility index (Phi) is 5.04. The van der Waals surface area contributed by atoms with E-state index in [1.807, 2.05) is 6.07 Å². The molecule has 0 atom stereocenters. The highest BCUT2D eigenvalue weighted by molar-refractivity contribution is 6.48. The molecule has 0 bridgehead atoms. The van der Waals surface area contributed by atoms with E-state index in [9.17, 15) is 4.39 Å². The van der Waals surface area contributed by atoms with E-state index in [0.717, 1.165) is 0 Å². The van der Waals surface area contributed by atoms with Gasteiger partial charge in [-0.15, -0.1) is 10.2 Å². The largest absolute Gasteiger partial charge is 0.374 e. The summed E-state index contributed by atoms with van der Waals surface area (Å²) < 4.78 is 14.0. The van der Waals surface area contributed by atoms with Gasteiger partial charge < -0.3 is 10.2 Å². The molecule has 1 aliphatic rings. The summed E-state index contributed by atoms with van der Waals surface area (Å²) in [6.07, 6.45) is 1.64. The van der Waals surface area contributed by atoms with Crippen LogP contribution in [-0.4, -0.2) is 51.9 Å². The normalized spacial score (nSPS) is 16.2. The first kappa shape index (κ1) is 21.0. The van der Waals surface area contributed by atoms with Crippen molar-refractivity contribution in [1.29, 1.82) is 5.26 Å². The van der Waals surface area contributed by atoms with Crippen LogP contribution >= 0.6 is 0 Å². The van der Waals surface area contributed by atoms with Gasteiger partial charge in [-0.1, -0.05) is 12.1 Å². The number of nitrogens with one attached hydrogen (secondary N) is 1. The SMILES string of the molecule is [B]C1([B])Cc2ncc(Nc3ccccc3F)cc2C([B])([B])N1c1nnc(C#N)cc1C. The summed E-state index contributed by atoms with van der Waals surface area (Å²) in [4.78, 5) is 5.76. The number of benzene rings is 1. The van der Waals surface area contributed by atoms with Crippen molar-refractivity contribution in [3.05, 3.63) is 70.9 Å². The number of nitriles is 1. The lowest BCUT2D eigenvalue weighted by Gasteiger charge is -2.56. The molecule has 11 heteroatoms.